The molecule has 0 heterocycles. The van der Waals surface area contributed by atoms with Gasteiger partial charge in [-0.15, -0.1) is 0 Å². The number of hydrogen-bond acceptors (Lipinski definition) is 6. The number of carbonyl (C=O) groups excluding carboxylic acids is 3. The lowest BCUT2D eigenvalue weighted by Gasteiger charge is -2.18. The Morgan fingerprint density at radius 1 is 0.266 bits per heavy atom. The van der Waals surface area contributed by atoms with Gasteiger partial charge in [0.05, 0.1) is 0 Å². The number of carbonyl (C=O) groups is 3. The average Bonchev–Trinajstić information content (AvgIpc) is 3.45. The van der Waals surface area contributed by atoms with E-state index in [0.29, 0.717) is 19.3 Å². The third kappa shape index (κ3) is 66.1. The summed E-state index contributed by atoms with van der Waals surface area (Å²) in [5.74, 6) is -0.850. The number of allylic oxidation sites excluding steroid dienone is 8. The maximum absolute atomic E-state index is 12.9. The summed E-state index contributed by atoms with van der Waals surface area (Å²) in [4.78, 5) is 38.4. The Kier molecular flexibility index (Phi) is 65.6. The topological polar surface area (TPSA) is 78.9 Å². The lowest BCUT2D eigenvalue weighted by Crippen LogP contribution is -2.30. The quantitative estimate of drug-likeness (QED) is 0.0261. The van der Waals surface area contributed by atoms with Crippen LogP contribution in [0, 0.1) is 0 Å². The number of rotatable bonds is 65. The molecule has 6 nitrogen and oxygen atoms in total. The van der Waals surface area contributed by atoms with E-state index < -0.39 is 6.10 Å². The molecule has 0 amide bonds. The maximum atomic E-state index is 12.9. The lowest BCUT2D eigenvalue weighted by atomic mass is 10.0. The van der Waals surface area contributed by atoms with Gasteiger partial charge in [0.1, 0.15) is 13.2 Å². The molecule has 79 heavy (non-hydrogen) atoms. The average molecular weight is 1110 g/mol. The molecule has 0 aromatic carbocycles. The van der Waals surface area contributed by atoms with Crippen LogP contribution in [0.5, 0.6) is 0 Å². The largest absolute Gasteiger partial charge is 0.462 e. The highest BCUT2D eigenvalue weighted by molar-refractivity contribution is 5.71. The first-order chi connectivity index (χ1) is 39.0. The van der Waals surface area contributed by atoms with Gasteiger partial charge in [0.25, 0.3) is 0 Å². The van der Waals surface area contributed by atoms with Gasteiger partial charge in [-0.3, -0.25) is 14.4 Å². The summed E-state index contributed by atoms with van der Waals surface area (Å²) in [5, 5.41) is 0. The summed E-state index contributed by atoms with van der Waals surface area (Å²) in [7, 11) is 0. The molecule has 0 spiro atoms. The highest BCUT2D eigenvalue weighted by atomic mass is 16.6. The van der Waals surface area contributed by atoms with Crippen LogP contribution in [0.25, 0.3) is 0 Å². The van der Waals surface area contributed by atoms with Gasteiger partial charge in [0.2, 0.25) is 0 Å². The molecular formula is C73H134O6. The second kappa shape index (κ2) is 67.9. The summed E-state index contributed by atoms with van der Waals surface area (Å²) in [5.41, 5.74) is 0. The standard InChI is InChI=1S/C73H134O6/c1-4-7-10-13-16-19-22-25-28-30-32-34-35-36-37-39-40-42-45-48-51-54-57-60-63-66-72(75)78-69-70(68-77-71(74)65-62-59-56-53-50-47-44-27-24-21-18-15-12-9-6-3)79-73(76)67-64-61-58-55-52-49-46-43-41-38-33-31-29-26-23-20-17-14-11-8-5-2/h8,11,17,20,26,29,33,38,70H,4-7,9-10,12-16,18-19,21-25,27-28,30-32,34-37,39-69H2,1-3H3/b11-8-,20-17-,29-26-,38-33-. The molecule has 0 aliphatic rings. The fraction of sp³-hybridized carbons (Fsp3) is 0.849. The van der Waals surface area contributed by atoms with E-state index in [2.05, 4.69) is 69.4 Å². The van der Waals surface area contributed by atoms with Gasteiger partial charge in [-0.1, -0.05) is 352 Å². The zero-order valence-electron chi connectivity index (χ0n) is 53.2. The van der Waals surface area contributed by atoms with Crippen molar-refractivity contribution in [3.63, 3.8) is 0 Å². The number of esters is 3. The Bertz CT molecular complexity index is 1360. The molecule has 0 rings (SSSR count). The monoisotopic (exact) mass is 1110 g/mol. The van der Waals surface area contributed by atoms with E-state index in [1.54, 1.807) is 0 Å². The Balaban J connectivity index is 4.27. The molecule has 6 heteroatoms. The van der Waals surface area contributed by atoms with Crippen molar-refractivity contribution in [1.82, 2.24) is 0 Å². The summed E-state index contributed by atoms with van der Waals surface area (Å²) in [6.07, 6.45) is 85.6. The van der Waals surface area contributed by atoms with E-state index >= 15 is 0 Å². The Hall–Kier alpha value is -2.63. The van der Waals surface area contributed by atoms with Gasteiger partial charge in [-0.25, -0.2) is 0 Å². The molecule has 0 aromatic heterocycles. The predicted molar refractivity (Wildman–Crippen MR) is 344 cm³/mol. The van der Waals surface area contributed by atoms with E-state index in [1.165, 1.54) is 250 Å². The minimum absolute atomic E-state index is 0.0709. The van der Waals surface area contributed by atoms with Crippen molar-refractivity contribution in [3.05, 3.63) is 48.6 Å². The van der Waals surface area contributed by atoms with Crippen molar-refractivity contribution < 1.29 is 28.6 Å². The van der Waals surface area contributed by atoms with Crippen LogP contribution in [0.4, 0.5) is 0 Å². The summed E-state index contributed by atoms with van der Waals surface area (Å²) in [6, 6.07) is 0. The number of unbranched alkanes of at least 4 members (excludes halogenated alkanes) is 46. The van der Waals surface area contributed by atoms with Crippen LogP contribution in [-0.4, -0.2) is 37.2 Å². The molecule has 0 aromatic rings. The zero-order valence-corrected chi connectivity index (χ0v) is 53.2. The second-order valence-corrected chi connectivity index (χ2v) is 23.8. The molecule has 1 unspecified atom stereocenters. The van der Waals surface area contributed by atoms with Crippen LogP contribution in [0.1, 0.15) is 380 Å². The Morgan fingerprint density at radius 2 is 0.494 bits per heavy atom. The highest BCUT2D eigenvalue weighted by Crippen LogP contribution is 2.19. The normalized spacial score (nSPS) is 12.3. The molecule has 0 N–H and O–H groups in total. The predicted octanol–water partition coefficient (Wildman–Crippen LogP) is 24.1. The smallest absolute Gasteiger partial charge is 0.306 e. The van der Waals surface area contributed by atoms with Crippen molar-refractivity contribution in [2.24, 2.45) is 0 Å². The second-order valence-electron chi connectivity index (χ2n) is 23.8. The van der Waals surface area contributed by atoms with E-state index in [-0.39, 0.29) is 31.1 Å². The Labute approximate surface area is 492 Å². The van der Waals surface area contributed by atoms with Gasteiger partial charge < -0.3 is 14.2 Å². The van der Waals surface area contributed by atoms with Crippen LogP contribution in [0.3, 0.4) is 0 Å². The first kappa shape index (κ1) is 76.4. The lowest BCUT2D eigenvalue weighted by molar-refractivity contribution is -0.167. The van der Waals surface area contributed by atoms with Gasteiger partial charge in [-0.05, 0) is 57.8 Å². The van der Waals surface area contributed by atoms with Gasteiger partial charge in [0, 0.05) is 19.3 Å². The SMILES string of the molecule is CC/C=C\C/C=C\C/C=C\C/C=C\CCCCCCCCCCC(=O)OC(COC(=O)CCCCCCCCCCCCCCCCC)COC(=O)CCCCCCCCCCCCCCCCCCCCCCCCCCC. The van der Waals surface area contributed by atoms with Crippen LogP contribution in [0.15, 0.2) is 48.6 Å². The molecule has 0 aliphatic heterocycles. The zero-order chi connectivity index (χ0) is 57.1. The molecule has 0 aliphatic carbocycles. The fourth-order valence-corrected chi connectivity index (χ4v) is 10.6. The minimum Gasteiger partial charge on any atom is -0.462 e. The molecule has 0 bridgehead atoms. The summed E-state index contributed by atoms with van der Waals surface area (Å²) >= 11 is 0. The van der Waals surface area contributed by atoms with Gasteiger partial charge in [-0.2, -0.15) is 0 Å². The Morgan fingerprint density at radius 3 is 0.772 bits per heavy atom. The molecule has 0 saturated carbocycles. The van der Waals surface area contributed by atoms with E-state index in [1.807, 2.05) is 0 Å². The van der Waals surface area contributed by atoms with Gasteiger partial charge in [0.15, 0.2) is 6.10 Å². The van der Waals surface area contributed by atoms with Gasteiger partial charge >= 0.3 is 17.9 Å². The molecule has 1 atom stereocenters. The highest BCUT2D eigenvalue weighted by Gasteiger charge is 2.19. The van der Waals surface area contributed by atoms with E-state index in [4.69, 9.17) is 14.2 Å². The minimum atomic E-state index is -0.776. The molecule has 0 fully saturated rings. The molecule has 462 valence electrons. The van der Waals surface area contributed by atoms with Crippen molar-refractivity contribution in [2.75, 3.05) is 13.2 Å². The number of hydrogen-bond donors (Lipinski definition) is 0. The van der Waals surface area contributed by atoms with Crippen molar-refractivity contribution >= 4 is 17.9 Å². The molecular weight excluding hydrogens is 973 g/mol. The third-order valence-corrected chi connectivity index (χ3v) is 15.8. The van der Waals surface area contributed by atoms with Crippen LogP contribution in [0.2, 0.25) is 0 Å². The molecule has 0 saturated heterocycles. The first-order valence-corrected chi connectivity index (χ1v) is 35.1. The van der Waals surface area contributed by atoms with Crippen LogP contribution < -0.4 is 0 Å². The molecule has 0 radical (unpaired) electrons. The fourth-order valence-electron chi connectivity index (χ4n) is 10.6. The number of ether oxygens (including phenoxy) is 3. The third-order valence-electron chi connectivity index (χ3n) is 15.8. The van der Waals surface area contributed by atoms with Crippen molar-refractivity contribution in [2.45, 2.75) is 386 Å². The maximum Gasteiger partial charge on any atom is 0.306 e. The first-order valence-electron chi connectivity index (χ1n) is 35.1. The van der Waals surface area contributed by atoms with Crippen molar-refractivity contribution in [3.8, 4) is 0 Å². The van der Waals surface area contributed by atoms with Crippen molar-refractivity contribution in [1.29, 1.82) is 0 Å². The van der Waals surface area contributed by atoms with E-state index in [9.17, 15) is 14.4 Å². The van der Waals surface area contributed by atoms with E-state index in [0.717, 1.165) is 89.9 Å². The summed E-state index contributed by atoms with van der Waals surface area (Å²) in [6.45, 7) is 6.60. The van der Waals surface area contributed by atoms with Crippen LogP contribution in [-0.2, 0) is 28.6 Å². The van der Waals surface area contributed by atoms with Crippen LogP contribution >= 0.6 is 0 Å². The summed E-state index contributed by atoms with van der Waals surface area (Å²) < 4.78 is 17.0.